The number of aromatic nitrogens is 1. The van der Waals surface area contributed by atoms with E-state index < -0.39 is 0 Å². The molecule has 1 aromatic rings. The second-order valence-corrected chi connectivity index (χ2v) is 6.42. The summed E-state index contributed by atoms with van der Waals surface area (Å²) in [6.07, 6.45) is 0.936. The fourth-order valence-electron chi connectivity index (χ4n) is 1.69. The van der Waals surface area contributed by atoms with Gasteiger partial charge in [-0.05, 0) is 40.9 Å². The van der Waals surface area contributed by atoms with Gasteiger partial charge in [-0.25, -0.2) is 4.98 Å². The van der Waals surface area contributed by atoms with Crippen LogP contribution in [0.5, 0.6) is 0 Å². The molecule has 3 N–H and O–H groups in total. The number of nitrogens with one attached hydrogen (secondary N) is 1. The molecule has 1 rings (SSSR count). The maximum Gasteiger partial charge on any atom is 0.267 e. The third-order valence-electron chi connectivity index (χ3n) is 2.71. The van der Waals surface area contributed by atoms with E-state index in [4.69, 9.17) is 5.73 Å². The number of hydrogen-bond donors (Lipinski definition) is 2. The van der Waals surface area contributed by atoms with E-state index in [-0.39, 0.29) is 11.9 Å². The molecule has 0 fully saturated rings. The number of anilines is 2. The van der Waals surface area contributed by atoms with Gasteiger partial charge in [-0.1, -0.05) is 11.3 Å². The molecule has 0 aliphatic heterocycles. The first-order valence-corrected chi connectivity index (χ1v) is 7.56. The lowest BCUT2D eigenvalue weighted by Crippen LogP contribution is -2.29. The minimum atomic E-state index is -0.0597. The average molecular weight is 299 g/mol. The number of carbonyl (C=O) groups is 1. The fourth-order valence-corrected chi connectivity index (χ4v) is 2.72. The van der Waals surface area contributed by atoms with Crippen LogP contribution in [0.3, 0.4) is 0 Å². The predicted octanol–water partition coefficient (Wildman–Crippen LogP) is 1.57. The van der Waals surface area contributed by atoms with Crippen molar-refractivity contribution < 1.29 is 4.79 Å². The number of nitrogens with two attached hydrogens (primary N) is 1. The van der Waals surface area contributed by atoms with Gasteiger partial charge in [0, 0.05) is 19.6 Å². The van der Waals surface area contributed by atoms with Gasteiger partial charge in [0.05, 0.1) is 0 Å². The van der Waals surface area contributed by atoms with Crippen LogP contribution < -0.4 is 11.1 Å². The lowest BCUT2D eigenvalue weighted by molar-refractivity contribution is 0.0796. The molecular weight excluding hydrogens is 274 g/mol. The second kappa shape index (κ2) is 7.44. The van der Waals surface area contributed by atoms with E-state index in [0.717, 1.165) is 13.0 Å². The Balaban J connectivity index is 2.64. The van der Waals surface area contributed by atoms with Crippen LogP contribution in [-0.4, -0.2) is 61.0 Å². The third kappa shape index (κ3) is 4.97. The molecule has 0 radical (unpaired) electrons. The van der Waals surface area contributed by atoms with Crippen LogP contribution >= 0.6 is 11.3 Å². The van der Waals surface area contributed by atoms with Crippen molar-refractivity contribution in [3.8, 4) is 0 Å². The summed E-state index contributed by atoms with van der Waals surface area (Å²) >= 11 is 1.32. The topological polar surface area (TPSA) is 74.5 Å². The van der Waals surface area contributed by atoms with Crippen LogP contribution in [-0.2, 0) is 0 Å². The Hall–Kier alpha value is -1.34. The van der Waals surface area contributed by atoms with Crippen molar-refractivity contribution in [2.24, 2.45) is 0 Å². The molecule has 7 heteroatoms. The maximum atomic E-state index is 12.3. The summed E-state index contributed by atoms with van der Waals surface area (Å²) in [5.74, 6) is 0.248. The van der Waals surface area contributed by atoms with Crippen LogP contribution in [0.2, 0.25) is 0 Å². The average Bonchev–Trinajstić information content (AvgIpc) is 2.67. The summed E-state index contributed by atoms with van der Waals surface area (Å²) in [6, 6.07) is 0.265. The number of nitrogens with zero attached hydrogens (tertiary/aromatic N) is 3. The summed E-state index contributed by atoms with van der Waals surface area (Å²) in [4.78, 5) is 20.8. The zero-order valence-corrected chi connectivity index (χ0v) is 13.8. The van der Waals surface area contributed by atoms with Gasteiger partial charge in [-0.3, -0.25) is 4.79 Å². The Bertz CT molecular complexity index is 444. The molecule has 0 saturated carbocycles. The highest BCUT2D eigenvalue weighted by atomic mass is 32.1. The Morgan fingerprint density at radius 2 is 2.00 bits per heavy atom. The molecule has 0 aromatic carbocycles. The van der Waals surface area contributed by atoms with Crippen molar-refractivity contribution in [2.45, 2.75) is 26.3 Å². The minimum Gasteiger partial charge on any atom is -0.382 e. The third-order valence-corrected chi connectivity index (χ3v) is 3.70. The standard InChI is InChI=1S/C13H25N5OS/c1-9(2)15-13-16-11(14)10(20-13)12(19)18(5)8-6-7-17(3)4/h9H,6-8,14H2,1-5H3,(H,15,16). The van der Waals surface area contributed by atoms with Crippen molar-refractivity contribution in [1.29, 1.82) is 0 Å². The first kappa shape index (κ1) is 16.7. The molecule has 20 heavy (non-hydrogen) atoms. The van der Waals surface area contributed by atoms with E-state index in [9.17, 15) is 4.79 Å². The number of amides is 1. The predicted molar refractivity (Wildman–Crippen MR) is 85.4 cm³/mol. The van der Waals surface area contributed by atoms with Gasteiger partial charge in [-0.15, -0.1) is 0 Å². The van der Waals surface area contributed by atoms with Gasteiger partial charge in [-0.2, -0.15) is 0 Å². The molecule has 1 amide bonds. The van der Waals surface area contributed by atoms with Crippen LogP contribution in [0.15, 0.2) is 0 Å². The molecule has 0 unspecified atom stereocenters. The van der Waals surface area contributed by atoms with Crippen LogP contribution in [0, 0.1) is 0 Å². The van der Waals surface area contributed by atoms with Gasteiger partial charge in [0.25, 0.3) is 5.91 Å². The quantitative estimate of drug-likeness (QED) is 0.799. The van der Waals surface area contributed by atoms with Gasteiger partial charge >= 0.3 is 0 Å². The smallest absolute Gasteiger partial charge is 0.267 e. The Morgan fingerprint density at radius 1 is 1.35 bits per heavy atom. The molecule has 0 bridgehead atoms. The van der Waals surface area contributed by atoms with Crippen molar-refractivity contribution >= 4 is 28.2 Å². The lowest BCUT2D eigenvalue weighted by atomic mass is 10.3. The zero-order chi connectivity index (χ0) is 15.3. The molecule has 6 nitrogen and oxygen atoms in total. The number of rotatable bonds is 7. The highest BCUT2D eigenvalue weighted by Gasteiger charge is 2.19. The minimum absolute atomic E-state index is 0.0597. The van der Waals surface area contributed by atoms with Crippen molar-refractivity contribution in [3.63, 3.8) is 0 Å². The number of thiazole rings is 1. The Morgan fingerprint density at radius 3 is 2.55 bits per heavy atom. The van der Waals surface area contributed by atoms with E-state index in [2.05, 4.69) is 15.2 Å². The highest BCUT2D eigenvalue weighted by Crippen LogP contribution is 2.26. The Kier molecular flexibility index (Phi) is 6.22. The molecule has 1 heterocycles. The van der Waals surface area contributed by atoms with Gasteiger partial charge in [0.1, 0.15) is 10.7 Å². The van der Waals surface area contributed by atoms with Crippen molar-refractivity contribution in [2.75, 3.05) is 45.3 Å². The molecule has 0 saturated heterocycles. The van der Waals surface area contributed by atoms with Crippen LogP contribution in [0.1, 0.15) is 29.9 Å². The molecule has 0 aliphatic rings. The zero-order valence-electron chi connectivity index (χ0n) is 12.9. The van der Waals surface area contributed by atoms with E-state index >= 15 is 0 Å². The summed E-state index contributed by atoms with van der Waals surface area (Å²) in [6.45, 7) is 5.70. The van der Waals surface area contributed by atoms with Crippen LogP contribution in [0.25, 0.3) is 0 Å². The number of carbonyl (C=O) groups excluding carboxylic acids is 1. The molecule has 114 valence electrons. The lowest BCUT2D eigenvalue weighted by Gasteiger charge is -2.17. The normalized spacial score (nSPS) is 11.2. The van der Waals surface area contributed by atoms with Crippen molar-refractivity contribution in [1.82, 2.24) is 14.8 Å². The second-order valence-electron chi connectivity index (χ2n) is 5.42. The molecular formula is C13H25N5OS. The summed E-state index contributed by atoms with van der Waals surface area (Å²) in [7, 11) is 5.84. The summed E-state index contributed by atoms with van der Waals surface area (Å²) in [5, 5.41) is 3.86. The molecule has 0 spiro atoms. The first-order valence-electron chi connectivity index (χ1n) is 6.74. The van der Waals surface area contributed by atoms with E-state index in [0.29, 0.717) is 22.4 Å². The SMILES string of the molecule is CC(C)Nc1nc(N)c(C(=O)N(C)CCCN(C)C)s1. The molecule has 0 atom stereocenters. The van der Waals surface area contributed by atoms with Crippen LogP contribution in [0.4, 0.5) is 10.9 Å². The molecule has 0 aliphatic carbocycles. The van der Waals surface area contributed by atoms with Gasteiger partial charge in [0.2, 0.25) is 0 Å². The summed E-state index contributed by atoms with van der Waals surface area (Å²) < 4.78 is 0. The largest absolute Gasteiger partial charge is 0.382 e. The maximum absolute atomic E-state index is 12.3. The highest BCUT2D eigenvalue weighted by molar-refractivity contribution is 7.18. The van der Waals surface area contributed by atoms with E-state index in [1.165, 1.54) is 11.3 Å². The number of hydrogen-bond acceptors (Lipinski definition) is 6. The van der Waals surface area contributed by atoms with E-state index in [1.807, 2.05) is 27.9 Å². The first-order chi connectivity index (χ1) is 9.31. The van der Waals surface area contributed by atoms with Gasteiger partial charge in [0.15, 0.2) is 5.13 Å². The van der Waals surface area contributed by atoms with E-state index in [1.54, 1.807) is 11.9 Å². The monoisotopic (exact) mass is 299 g/mol. The van der Waals surface area contributed by atoms with Gasteiger partial charge < -0.3 is 20.9 Å². The summed E-state index contributed by atoms with van der Waals surface area (Å²) in [5.41, 5.74) is 5.84. The van der Waals surface area contributed by atoms with Crippen molar-refractivity contribution in [3.05, 3.63) is 4.88 Å². The Labute approximate surface area is 125 Å². The fraction of sp³-hybridized carbons (Fsp3) is 0.692. The number of nitrogen functional groups attached to an aromatic ring is 1. The molecule has 1 aromatic heterocycles.